The SMILES string of the molecule is [C-]#[N+]c1ccc2c(N3CCC(C(F)C(=O)O)CC3)nnc(NCc3ccc(C)c(Cl)c3)c2c1. The minimum atomic E-state index is -1.85. The van der Waals surface area contributed by atoms with E-state index in [1.165, 1.54) is 0 Å². The van der Waals surface area contributed by atoms with Crippen molar-refractivity contribution in [2.75, 3.05) is 23.3 Å². The van der Waals surface area contributed by atoms with Gasteiger partial charge in [-0.15, -0.1) is 10.2 Å². The summed E-state index contributed by atoms with van der Waals surface area (Å²) in [5.74, 6) is -0.709. The number of carboxylic acid groups (broad SMARTS) is 1. The van der Waals surface area contributed by atoms with Crippen molar-refractivity contribution in [1.82, 2.24) is 10.2 Å². The highest BCUT2D eigenvalue weighted by Gasteiger charge is 2.32. The highest BCUT2D eigenvalue weighted by molar-refractivity contribution is 6.31. The second kappa shape index (κ2) is 9.59. The van der Waals surface area contributed by atoms with Gasteiger partial charge in [0, 0.05) is 41.3 Å². The number of carboxylic acids is 1. The average molecular weight is 468 g/mol. The molecule has 2 N–H and O–H groups in total. The van der Waals surface area contributed by atoms with Crippen molar-refractivity contribution in [1.29, 1.82) is 0 Å². The van der Waals surface area contributed by atoms with E-state index < -0.39 is 18.1 Å². The number of fused-ring (bicyclic) bond motifs is 1. The molecule has 0 spiro atoms. The molecule has 0 aliphatic carbocycles. The Morgan fingerprint density at radius 2 is 2.03 bits per heavy atom. The Balaban J connectivity index is 1.60. The molecular weight excluding hydrogens is 445 g/mol. The molecule has 0 bridgehead atoms. The van der Waals surface area contributed by atoms with Crippen LogP contribution in [-0.2, 0) is 11.3 Å². The van der Waals surface area contributed by atoms with Gasteiger partial charge in [-0.1, -0.05) is 35.9 Å². The number of benzene rings is 2. The van der Waals surface area contributed by atoms with Crippen molar-refractivity contribution in [2.24, 2.45) is 5.92 Å². The minimum Gasteiger partial charge on any atom is -0.479 e. The monoisotopic (exact) mass is 467 g/mol. The molecule has 2 heterocycles. The smallest absolute Gasteiger partial charge is 0.338 e. The Bertz CT molecular complexity index is 1240. The van der Waals surface area contributed by atoms with Crippen LogP contribution in [0.3, 0.4) is 0 Å². The Morgan fingerprint density at radius 3 is 2.70 bits per heavy atom. The molecule has 3 aromatic rings. The van der Waals surface area contributed by atoms with E-state index in [2.05, 4.69) is 20.4 Å². The molecule has 0 radical (unpaired) electrons. The zero-order chi connectivity index (χ0) is 23.5. The van der Waals surface area contributed by atoms with Crippen LogP contribution in [0.5, 0.6) is 0 Å². The largest absolute Gasteiger partial charge is 0.479 e. The summed E-state index contributed by atoms with van der Waals surface area (Å²) in [4.78, 5) is 16.5. The van der Waals surface area contributed by atoms with Gasteiger partial charge in [0.1, 0.15) is 0 Å². The summed E-state index contributed by atoms with van der Waals surface area (Å²) in [6, 6.07) is 11.2. The van der Waals surface area contributed by atoms with Crippen LogP contribution in [0.1, 0.15) is 24.0 Å². The van der Waals surface area contributed by atoms with E-state index in [-0.39, 0.29) is 0 Å². The Morgan fingerprint density at radius 1 is 1.27 bits per heavy atom. The normalized spacial score (nSPS) is 15.3. The van der Waals surface area contributed by atoms with E-state index in [4.69, 9.17) is 23.3 Å². The van der Waals surface area contributed by atoms with Gasteiger partial charge in [0.25, 0.3) is 0 Å². The Hall–Kier alpha value is -3.44. The first kappa shape index (κ1) is 22.7. The molecule has 0 saturated carbocycles. The van der Waals surface area contributed by atoms with Gasteiger partial charge in [-0.3, -0.25) is 0 Å². The number of rotatable bonds is 6. The third kappa shape index (κ3) is 4.83. The van der Waals surface area contributed by atoms with E-state index in [9.17, 15) is 9.18 Å². The number of nitrogens with one attached hydrogen (secondary N) is 1. The lowest BCUT2D eigenvalue weighted by Gasteiger charge is -2.33. The van der Waals surface area contributed by atoms with Crippen LogP contribution in [0.15, 0.2) is 36.4 Å². The van der Waals surface area contributed by atoms with Gasteiger partial charge >= 0.3 is 5.97 Å². The van der Waals surface area contributed by atoms with Crippen LogP contribution in [-0.4, -0.2) is 40.5 Å². The number of halogens is 2. The fraction of sp³-hybridized carbons (Fsp3) is 0.333. The lowest BCUT2D eigenvalue weighted by molar-refractivity contribution is -0.145. The number of hydrogen-bond acceptors (Lipinski definition) is 5. The molecule has 0 amide bonds. The molecular formula is C24H23ClFN5O2. The highest BCUT2D eigenvalue weighted by atomic mass is 35.5. The van der Waals surface area contributed by atoms with Crippen LogP contribution < -0.4 is 10.2 Å². The summed E-state index contributed by atoms with van der Waals surface area (Å²) in [6.07, 6.45) is -1.01. The molecule has 33 heavy (non-hydrogen) atoms. The standard InChI is InChI=1S/C24H23ClFN5O2/c1-14-3-4-15(11-20(14)25)13-28-22-19-12-17(27-2)5-6-18(19)23(30-29-22)31-9-7-16(8-10-31)21(26)24(32)33/h3-6,11-12,16,21H,7-10,13H2,1H3,(H,28,29)(H,32,33). The van der Waals surface area contributed by atoms with Crippen molar-refractivity contribution in [3.8, 4) is 0 Å². The second-order valence-corrected chi connectivity index (χ2v) is 8.62. The van der Waals surface area contributed by atoms with Crippen LogP contribution in [0.2, 0.25) is 5.02 Å². The van der Waals surface area contributed by atoms with Gasteiger partial charge in [-0.05, 0) is 43.0 Å². The third-order valence-corrected chi connectivity index (χ3v) is 6.47. The molecule has 170 valence electrons. The van der Waals surface area contributed by atoms with Crippen molar-refractivity contribution in [3.63, 3.8) is 0 Å². The molecule has 1 unspecified atom stereocenters. The van der Waals surface area contributed by atoms with Crippen molar-refractivity contribution in [2.45, 2.75) is 32.5 Å². The number of alkyl halides is 1. The van der Waals surface area contributed by atoms with Gasteiger partial charge in [0.2, 0.25) is 0 Å². The van der Waals surface area contributed by atoms with E-state index in [0.717, 1.165) is 21.9 Å². The van der Waals surface area contributed by atoms with Crippen molar-refractivity contribution < 1.29 is 14.3 Å². The number of aromatic nitrogens is 2. The zero-order valence-corrected chi connectivity index (χ0v) is 18.8. The van der Waals surface area contributed by atoms with Crippen molar-refractivity contribution in [3.05, 3.63) is 64.0 Å². The predicted octanol–water partition coefficient (Wildman–Crippen LogP) is 5.39. The van der Waals surface area contributed by atoms with Gasteiger partial charge < -0.3 is 15.3 Å². The van der Waals surface area contributed by atoms with Gasteiger partial charge in [0.15, 0.2) is 23.5 Å². The van der Waals surface area contributed by atoms with E-state index in [0.29, 0.717) is 54.8 Å². The second-order valence-electron chi connectivity index (χ2n) is 8.22. The summed E-state index contributed by atoms with van der Waals surface area (Å²) in [7, 11) is 0. The first-order chi connectivity index (χ1) is 15.9. The molecule has 1 atom stereocenters. The van der Waals surface area contributed by atoms with E-state index >= 15 is 0 Å². The maximum atomic E-state index is 13.9. The average Bonchev–Trinajstić information content (AvgIpc) is 2.83. The molecule has 1 aliphatic rings. The van der Waals surface area contributed by atoms with Crippen LogP contribution >= 0.6 is 11.6 Å². The van der Waals surface area contributed by atoms with Crippen LogP contribution in [0, 0.1) is 19.4 Å². The van der Waals surface area contributed by atoms with Gasteiger partial charge in [-0.25, -0.2) is 14.0 Å². The molecule has 1 saturated heterocycles. The topological polar surface area (TPSA) is 82.7 Å². The number of anilines is 2. The van der Waals surface area contributed by atoms with Gasteiger partial charge in [0.05, 0.1) is 6.57 Å². The Labute approximate surface area is 196 Å². The molecule has 1 aromatic heterocycles. The quantitative estimate of drug-likeness (QED) is 0.473. The first-order valence-electron chi connectivity index (χ1n) is 10.7. The Kier molecular flexibility index (Phi) is 6.61. The highest BCUT2D eigenvalue weighted by Crippen LogP contribution is 2.34. The summed E-state index contributed by atoms with van der Waals surface area (Å²) < 4.78 is 13.9. The molecule has 4 rings (SSSR count). The maximum absolute atomic E-state index is 13.9. The maximum Gasteiger partial charge on any atom is 0.338 e. The van der Waals surface area contributed by atoms with E-state index in [1.54, 1.807) is 12.1 Å². The summed E-state index contributed by atoms with van der Waals surface area (Å²) in [6.45, 7) is 10.8. The predicted molar refractivity (Wildman–Crippen MR) is 127 cm³/mol. The number of carbonyl (C=O) groups is 1. The first-order valence-corrected chi connectivity index (χ1v) is 11.0. The lowest BCUT2D eigenvalue weighted by atomic mass is 9.92. The zero-order valence-electron chi connectivity index (χ0n) is 18.1. The summed E-state index contributed by atoms with van der Waals surface area (Å²) in [5.41, 5.74) is 2.48. The number of piperidine rings is 1. The fourth-order valence-electron chi connectivity index (χ4n) is 4.10. The molecule has 1 aliphatic heterocycles. The van der Waals surface area contributed by atoms with Gasteiger partial charge in [-0.2, -0.15) is 0 Å². The molecule has 2 aromatic carbocycles. The molecule has 9 heteroatoms. The number of aryl methyl sites for hydroxylation is 1. The minimum absolute atomic E-state index is 0.422. The fourth-order valence-corrected chi connectivity index (χ4v) is 4.30. The molecule has 1 fully saturated rings. The number of nitrogens with zero attached hydrogens (tertiary/aromatic N) is 4. The number of aliphatic carboxylic acids is 1. The third-order valence-electron chi connectivity index (χ3n) is 6.06. The summed E-state index contributed by atoms with van der Waals surface area (Å²) in [5, 5.41) is 23.4. The van der Waals surface area contributed by atoms with E-state index in [1.807, 2.05) is 36.1 Å². The molecule has 7 nitrogen and oxygen atoms in total. The van der Waals surface area contributed by atoms with Crippen LogP contribution in [0.4, 0.5) is 21.7 Å². The number of hydrogen-bond donors (Lipinski definition) is 2. The van der Waals surface area contributed by atoms with Crippen molar-refractivity contribution >= 4 is 45.7 Å². The summed E-state index contributed by atoms with van der Waals surface area (Å²) >= 11 is 6.23. The lowest BCUT2D eigenvalue weighted by Crippen LogP contribution is -2.39. The van der Waals surface area contributed by atoms with Crippen LogP contribution in [0.25, 0.3) is 15.6 Å².